The van der Waals surface area contributed by atoms with Crippen LogP contribution in [-0.4, -0.2) is 12.4 Å². The molecule has 1 heterocycles. The van der Waals surface area contributed by atoms with E-state index in [0.717, 1.165) is 18.8 Å². The lowest BCUT2D eigenvalue weighted by Gasteiger charge is -2.20. The Morgan fingerprint density at radius 3 is 2.73 bits per heavy atom. The van der Waals surface area contributed by atoms with Gasteiger partial charge in [-0.25, -0.2) is 4.99 Å². The van der Waals surface area contributed by atoms with E-state index in [-0.39, 0.29) is 0 Å². The van der Waals surface area contributed by atoms with Gasteiger partial charge in [0.15, 0.2) is 0 Å². The van der Waals surface area contributed by atoms with Gasteiger partial charge in [0.25, 0.3) is 0 Å². The molecule has 0 unspecified atom stereocenters. The van der Waals surface area contributed by atoms with Crippen LogP contribution in [0.1, 0.15) is 27.2 Å². The van der Waals surface area contributed by atoms with E-state index in [2.05, 4.69) is 31.1 Å². The summed E-state index contributed by atoms with van der Waals surface area (Å²) in [6.07, 6.45) is 4.92. The first-order chi connectivity index (χ1) is 5.08. The van der Waals surface area contributed by atoms with Crippen molar-refractivity contribution in [2.75, 3.05) is 6.54 Å². The molecule has 1 aliphatic heterocycles. The molecule has 0 atom stereocenters. The number of aliphatic imine (C=N–C) groups is 1. The molecule has 0 amide bonds. The van der Waals surface area contributed by atoms with E-state index in [9.17, 15) is 0 Å². The summed E-state index contributed by atoms with van der Waals surface area (Å²) in [6, 6.07) is 0. The SMILES string of the molecule is CC(C)(C)CC1=NC=CCN1. The highest BCUT2D eigenvalue weighted by molar-refractivity contribution is 5.84. The Morgan fingerprint density at radius 1 is 1.55 bits per heavy atom. The fourth-order valence-corrected chi connectivity index (χ4v) is 1.03. The third kappa shape index (κ3) is 3.21. The molecule has 0 saturated carbocycles. The number of amidine groups is 1. The average Bonchev–Trinajstić information content (AvgIpc) is 1.85. The molecule has 0 bridgehead atoms. The summed E-state index contributed by atoms with van der Waals surface area (Å²) in [5.41, 5.74) is 0.330. The first kappa shape index (κ1) is 8.31. The third-order valence-corrected chi connectivity index (χ3v) is 1.46. The van der Waals surface area contributed by atoms with Crippen molar-refractivity contribution in [2.24, 2.45) is 10.4 Å². The second-order valence-corrected chi connectivity index (χ2v) is 4.08. The van der Waals surface area contributed by atoms with Crippen LogP contribution in [0.15, 0.2) is 17.3 Å². The van der Waals surface area contributed by atoms with Crippen LogP contribution >= 0.6 is 0 Å². The van der Waals surface area contributed by atoms with Gasteiger partial charge in [0.05, 0.1) is 0 Å². The van der Waals surface area contributed by atoms with Crippen molar-refractivity contribution in [1.82, 2.24) is 5.32 Å². The van der Waals surface area contributed by atoms with Crippen molar-refractivity contribution < 1.29 is 0 Å². The van der Waals surface area contributed by atoms with Gasteiger partial charge in [-0.3, -0.25) is 0 Å². The fraction of sp³-hybridized carbons (Fsp3) is 0.667. The zero-order chi connectivity index (χ0) is 8.32. The largest absolute Gasteiger partial charge is 0.370 e. The van der Waals surface area contributed by atoms with Crippen LogP contribution in [0.4, 0.5) is 0 Å². The Kier molecular flexibility index (Phi) is 2.32. The quantitative estimate of drug-likeness (QED) is 0.610. The predicted octanol–water partition coefficient (Wildman–Crippen LogP) is 1.94. The first-order valence-electron chi connectivity index (χ1n) is 4.03. The zero-order valence-electron chi connectivity index (χ0n) is 7.52. The Hall–Kier alpha value is -0.790. The minimum absolute atomic E-state index is 0.330. The second kappa shape index (κ2) is 3.07. The minimum Gasteiger partial charge on any atom is -0.370 e. The predicted molar refractivity (Wildman–Crippen MR) is 48.6 cm³/mol. The molecule has 0 aromatic carbocycles. The van der Waals surface area contributed by atoms with Crippen LogP contribution in [0.3, 0.4) is 0 Å². The molecule has 1 aliphatic rings. The average molecular weight is 152 g/mol. The summed E-state index contributed by atoms with van der Waals surface area (Å²) in [7, 11) is 0. The lowest BCUT2D eigenvalue weighted by Crippen LogP contribution is -2.29. The van der Waals surface area contributed by atoms with Gasteiger partial charge in [-0.15, -0.1) is 0 Å². The van der Waals surface area contributed by atoms with E-state index in [4.69, 9.17) is 0 Å². The maximum atomic E-state index is 4.24. The zero-order valence-corrected chi connectivity index (χ0v) is 7.52. The summed E-state index contributed by atoms with van der Waals surface area (Å²) < 4.78 is 0. The van der Waals surface area contributed by atoms with Crippen molar-refractivity contribution in [3.63, 3.8) is 0 Å². The van der Waals surface area contributed by atoms with E-state index in [1.54, 1.807) is 0 Å². The molecule has 0 aromatic rings. The Balaban J connectivity index is 2.49. The van der Waals surface area contributed by atoms with Crippen molar-refractivity contribution in [2.45, 2.75) is 27.2 Å². The molecule has 11 heavy (non-hydrogen) atoms. The maximum absolute atomic E-state index is 4.24. The molecule has 2 nitrogen and oxygen atoms in total. The molecule has 0 spiro atoms. The third-order valence-electron chi connectivity index (χ3n) is 1.46. The maximum Gasteiger partial charge on any atom is 0.102 e. The Bertz CT molecular complexity index is 184. The molecular weight excluding hydrogens is 136 g/mol. The second-order valence-electron chi connectivity index (χ2n) is 4.08. The lowest BCUT2D eigenvalue weighted by molar-refractivity contribution is 0.429. The van der Waals surface area contributed by atoms with E-state index in [1.165, 1.54) is 0 Å². The van der Waals surface area contributed by atoms with Crippen molar-refractivity contribution >= 4 is 5.84 Å². The van der Waals surface area contributed by atoms with Crippen LogP contribution in [-0.2, 0) is 0 Å². The molecule has 0 aromatic heterocycles. The van der Waals surface area contributed by atoms with Crippen LogP contribution in [0.25, 0.3) is 0 Å². The molecule has 62 valence electrons. The van der Waals surface area contributed by atoms with Crippen LogP contribution in [0.5, 0.6) is 0 Å². The van der Waals surface area contributed by atoms with Gasteiger partial charge in [0, 0.05) is 19.2 Å². The smallest absolute Gasteiger partial charge is 0.102 e. The topological polar surface area (TPSA) is 24.4 Å². The highest BCUT2D eigenvalue weighted by atomic mass is 15.0. The van der Waals surface area contributed by atoms with Gasteiger partial charge in [-0.1, -0.05) is 20.8 Å². The summed E-state index contributed by atoms with van der Waals surface area (Å²) in [5.74, 6) is 1.11. The monoisotopic (exact) mass is 152 g/mol. The molecule has 0 fully saturated rings. The normalized spacial score (nSPS) is 17.5. The molecule has 1 rings (SSSR count). The van der Waals surface area contributed by atoms with Crippen LogP contribution in [0.2, 0.25) is 0 Å². The van der Waals surface area contributed by atoms with Gasteiger partial charge in [0.2, 0.25) is 0 Å². The standard InChI is InChI=1S/C9H16N2/c1-9(2,3)7-8-10-5-4-6-11-8/h4-5H,6-7H2,1-3H3,(H,10,11). The van der Waals surface area contributed by atoms with Crippen molar-refractivity contribution in [3.05, 3.63) is 12.3 Å². The summed E-state index contributed by atoms with van der Waals surface area (Å²) in [5, 5.41) is 3.24. The summed E-state index contributed by atoms with van der Waals surface area (Å²) in [4.78, 5) is 4.24. The number of hydrogen-bond donors (Lipinski definition) is 1. The van der Waals surface area contributed by atoms with Gasteiger partial charge in [-0.05, 0) is 11.5 Å². The molecule has 0 saturated heterocycles. The molecule has 0 radical (unpaired) electrons. The van der Waals surface area contributed by atoms with Crippen LogP contribution in [0, 0.1) is 5.41 Å². The number of rotatable bonds is 1. The molecule has 2 heteroatoms. The number of nitrogens with one attached hydrogen (secondary N) is 1. The van der Waals surface area contributed by atoms with Crippen molar-refractivity contribution in [3.8, 4) is 0 Å². The van der Waals surface area contributed by atoms with Gasteiger partial charge in [0.1, 0.15) is 5.84 Å². The molecular formula is C9H16N2. The van der Waals surface area contributed by atoms with Gasteiger partial charge < -0.3 is 5.32 Å². The van der Waals surface area contributed by atoms with Gasteiger partial charge in [-0.2, -0.15) is 0 Å². The summed E-state index contributed by atoms with van der Waals surface area (Å²) >= 11 is 0. The van der Waals surface area contributed by atoms with Crippen LogP contribution < -0.4 is 5.32 Å². The van der Waals surface area contributed by atoms with E-state index < -0.39 is 0 Å². The van der Waals surface area contributed by atoms with Gasteiger partial charge >= 0.3 is 0 Å². The lowest BCUT2D eigenvalue weighted by atomic mass is 9.91. The van der Waals surface area contributed by atoms with Crippen molar-refractivity contribution in [1.29, 1.82) is 0 Å². The Labute approximate surface area is 68.4 Å². The minimum atomic E-state index is 0.330. The Morgan fingerprint density at radius 2 is 2.27 bits per heavy atom. The molecule has 0 aliphatic carbocycles. The highest BCUT2D eigenvalue weighted by Crippen LogP contribution is 2.18. The number of nitrogens with zero attached hydrogens (tertiary/aromatic N) is 1. The van der Waals surface area contributed by atoms with E-state index >= 15 is 0 Å². The van der Waals surface area contributed by atoms with E-state index in [0.29, 0.717) is 5.41 Å². The fourth-order valence-electron chi connectivity index (χ4n) is 1.03. The number of hydrogen-bond acceptors (Lipinski definition) is 2. The summed E-state index contributed by atoms with van der Waals surface area (Å²) in [6.45, 7) is 7.58. The first-order valence-corrected chi connectivity index (χ1v) is 4.03. The highest BCUT2D eigenvalue weighted by Gasteiger charge is 2.14. The van der Waals surface area contributed by atoms with E-state index in [1.807, 2.05) is 12.3 Å². The molecule has 1 N–H and O–H groups in total.